The first-order valence-corrected chi connectivity index (χ1v) is 11.8. The van der Waals surface area contributed by atoms with Gasteiger partial charge < -0.3 is 14.6 Å². The van der Waals surface area contributed by atoms with Crippen molar-refractivity contribution in [2.75, 3.05) is 20.2 Å². The first-order chi connectivity index (χ1) is 15.5. The fraction of sp³-hybridized carbons (Fsp3) is 0.318. The van der Waals surface area contributed by atoms with E-state index in [0.29, 0.717) is 24.4 Å². The Bertz CT molecular complexity index is 1190. The number of amides is 1. The summed E-state index contributed by atoms with van der Waals surface area (Å²) in [5.41, 5.74) is 1.42. The Morgan fingerprint density at radius 1 is 1.12 bits per heavy atom. The molecule has 3 aromatic rings. The smallest absolute Gasteiger partial charge is 0.316 e. The van der Waals surface area contributed by atoms with Crippen LogP contribution in [-0.4, -0.2) is 49.0 Å². The number of hydrogen-bond acceptors (Lipinski definition) is 7. The number of carbonyl (C=O) groups excluding carboxylic acids is 1. The molecule has 0 atom stereocenters. The molecule has 1 aromatic heterocycles. The van der Waals surface area contributed by atoms with Crippen LogP contribution in [0.3, 0.4) is 0 Å². The Morgan fingerprint density at radius 2 is 1.88 bits per heavy atom. The minimum atomic E-state index is -3.51. The zero-order chi connectivity index (χ0) is 22.6. The molecule has 1 aliphatic rings. The van der Waals surface area contributed by atoms with Crippen LogP contribution in [0.5, 0.6) is 5.75 Å². The van der Waals surface area contributed by atoms with Gasteiger partial charge >= 0.3 is 11.8 Å². The van der Waals surface area contributed by atoms with E-state index in [1.165, 1.54) is 16.4 Å². The molecule has 0 radical (unpaired) electrons. The minimum absolute atomic E-state index is 0.173. The molecular weight excluding hydrogens is 432 g/mol. The molecule has 0 spiro atoms. The number of ether oxygens (including phenoxy) is 1. The van der Waals surface area contributed by atoms with Gasteiger partial charge in [-0.05, 0) is 54.8 Å². The fourth-order valence-corrected chi connectivity index (χ4v) is 5.02. The molecule has 0 unspecified atom stereocenters. The number of hydrogen-bond donors (Lipinski definition) is 1. The van der Waals surface area contributed by atoms with Crippen LogP contribution in [0.1, 0.15) is 35.5 Å². The van der Waals surface area contributed by atoms with E-state index in [1.807, 2.05) is 24.3 Å². The second kappa shape index (κ2) is 9.49. The Hall–Kier alpha value is -3.24. The molecule has 9 nitrogen and oxygen atoms in total. The van der Waals surface area contributed by atoms with Crippen molar-refractivity contribution >= 4 is 15.9 Å². The molecule has 2 aromatic carbocycles. The van der Waals surface area contributed by atoms with Crippen molar-refractivity contribution in [3.05, 3.63) is 60.0 Å². The van der Waals surface area contributed by atoms with Gasteiger partial charge in [-0.3, -0.25) is 4.79 Å². The fourth-order valence-electron chi connectivity index (χ4n) is 3.50. The predicted molar refractivity (Wildman–Crippen MR) is 117 cm³/mol. The summed E-state index contributed by atoms with van der Waals surface area (Å²) in [6.45, 7) is 1.36. The van der Waals surface area contributed by atoms with E-state index in [2.05, 4.69) is 15.5 Å². The number of nitrogens with zero attached hydrogens (tertiary/aromatic N) is 3. The van der Waals surface area contributed by atoms with Gasteiger partial charge in [0, 0.05) is 25.2 Å². The molecule has 10 heteroatoms. The van der Waals surface area contributed by atoms with Crippen molar-refractivity contribution in [2.24, 2.45) is 0 Å². The Labute approximate surface area is 186 Å². The van der Waals surface area contributed by atoms with E-state index in [4.69, 9.17) is 9.26 Å². The second-order valence-electron chi connectivity index (χ2n) is 7.45. The molecule has 168 valence electrons. The number of carbonyl (C=O) groups is 1. The molecule has 1 N–H and O–H groups in total. The maximum absolute atomic E-state index is 12.8. The molecule has 32 heavy (non-hydrogen) atoms. The van der Waals surface area contributed by atoms with Crippen LogP contribution in [0.2, 0.25) is 0 Å². The largest absolute Gasteiger partial charge is 0.497 e. The lowest BCUT2D eigenvalue weighted by atomic mass is 10.2. The highest BCUT2D eigenvalue weighted by atomic mass is 32.2. The summed E-state index contributed by atoms with van der Waals surface area (Å²) in [5, 5.41) is 6.57. The van der Waals surface area contributed by atoms with Crippen molar-refractivity contribution in [3.8, 4) is 17.1 Å². The summed E-state index contributed by atoms with van der Waals surface area (Å²) in [6.07, 6.45) is 2.81. The molecule has 0 aliphatic carbocycles. The highest BCUT2D eigenvalue weighted by Crippen LogP contribution is 2.23. The molecule has 1 aliphatic heterocycles. The SMILES string of the molecule is COc1cccc(CNC(=O)c2nc(-c3ccc(S(=O)(=O)N4CCCCC4)cc3)no2)c1. The summed E-state index contributed by atoms with van der Waals surface area (Å²) >= 11 is 0. The molecule has 1 saturated heterocycles. The maximum atomic E-state index is 12.8. The average Bonchev–Trinajstić information content (AvgIpc) is 3.34. The number of aromatic nitrogens is 2. The first-order valence-electron chi connectivity index (χ1n) is 10.3. The third kappa shape index (κ3) is 4.81. The maximum Gasteiger partial charge on any atom is 0.316 e. The van der Waals surface area contributed by atoms with Crippen molar-refractivity contribution in [1.82, 2.24) is 19.8 Å². The van der Waals surface area contributed by atoms with E-state index in [0.717, 1.165) is 24.8 Å². The Morgan fingerprint density at radius 3 is 2.59 bits per heavy atom. The number of methoxy groups -OCH3 is 1. The number of sulfonamides is 1. The van der Waals surface area contributed by atoms with Crippen LogP contribution in [0.25, 0.3) is 11.4 Å². The lowest BCUT2D eigenvalue weighted by Gasteiger charge is -2.25. The third-order valence-electron chi connectivity index (χ3n) is 5.27. The first kappa shape index (κ1) is 22.0. The summed E-state index contributed by atoms with van der Waals surface area (Å²) in [7, 11) is -1.94. The molecule has 0 saturated carbocycles. The minimum Gasteiger partial charge on any atom is -0.497 e. The Balaban J connectivity index is 1.42. The van der Waals surface area contributed by atoms with Crippen molar-refractivity contribution < 1.29 is 22.5 Å². The van der Waals surface area contributed by atoms with Crippen molar-refractivity contribution in [3.63, 3.8) is 0 Å². The van der Waals surface area contributed by atoms with Gasteiger partial charge in [0.1, 0.15) is 5.75 Å². The quantitative estimate of drug-likeness (QED) is 0.581. The molecule has 2 heterocycles. The van der Waals surface area contributed by atoms with Gasteiger partial charge in [0.2, 0.25) is 15.8 Å². The molecule has 1 fully saturated rings. The molecule has 0 bridgehead atoms. The van der Waals surface area contributed by atoms with Crippen LogP contribution in [0.15, 0.2) is 57.9 Å². The Kier molecular flexibility index (Phi) is 6.52. The number of nitrogens with one attached hydrogen (secondary N) is 1. The van der Waals surface area contributed by atoms with E-state index < -0.39 is 15.9 Å². The molecule has 1 amide bonds. The summed E-state index contributed by atoms with van der Waals surface area (Å²) in [5.74, 6) is 0.227. The van der Waals surface area contributed by atoms with E-state index in [9.17, 15) is 13.2 Å². The standard InChI is InChI=1S/C22H24N4O5S/c1-30-18-7-5-6-16(14-18)15-23-21(27)22-24-20(25-31-22)17-8-10-19(11-9-17)32(28,29)26-12-3-2-4-13-26/h5-11,14H,2-4,12-13,15H2,1H3,(H,23,27). The predicted octanol–water partition coefficient (Wildman–Crippen LogP) is 2.85. The zero-order valence-corrected chi connectivity index (χ0v) is 18.5. The number of benzene rings is 2. The van der Waals surface area contributed by atoms with Gasteiger partial charge in [-0.25, -0.2) is 8.42 Å². The second-order valence-corrected chi connectivity index (χ2v) is 9.38. The topological polar surface area (TPSA) is 115 Å². The van der Waals surface area contributed by atoms with E-state index >= 15 is 0 Å². The number of piperidine rings is 1. The molecular formula is C22H24N4O5S. The summed E-state index contributed by atoms with van der Waals surface area (Å²) in [6, 6.07) is 13.6. The van der Waals surface area contributed by atoms with Crippen molar-refractivity contribution in [2.45, 2.75) is 30.7 Å². The van der Waals surface area contributed by atoms with Crippen LogP contribution in [-0.2, 0) is 16.6 Å². The van der Waals surface area contributed by atoms with Gasteiger partial charge in [0.05, 0.1) is 12.0 Å². The van der Waals surface area contributed by atoms with Gasteiger partial charge in [-0.1, -0.05) is 23.7 Å². The average molecular weight is 457 g/mol. The van der Waals surface area contributed by atoms with Crippen LogP contribution in [0.4, 0.5) is 0 Å². The zero-order valence-electron chi connectivity index (χ0n) is 17.7. The van der Waals surface area contributed by atoms with E-state index in [1.54, 1.807) is 19.2 Å². The highest BCUT2D eigenvalue weighted by molar-refractivity contribution is 7.89. The van der Waals surface area contributed by atoms with Gasteiger partial charge in [-0.15, -0.1) is 0 Å². The molecule has 4 rings (SSSR count). The van der Waals surface area contributed by atoms with Crippen molar-refractivity contribution in [1.29, 1.82) is 0 Å². The normalized spacial score (nSPS) is 14.8. The van der Waals surface area contributed by atoms with Crippen LogP contribution in [0, 0.1) is 0 Å². The van der Waals surface area contributed by atoms with Gasteiger partial charge in [0.15, 0.2) is 0 Å². The highest BCUT2D eigenvalue weighted by Gasteiger charge is 2.26. The van der Waals surface area contributed by atoms with Gasteiger partial charge in [-0.2, -0.15) is 9.29 Å². The van der Waals surface area contributed by atoms with E-state index in [-0.39, 0.29) is 23.2 Å². The monoisotopic (exact) mass is 456 g/mol. The lowest BCUT2D eigenvalue weighted by Crippen LogP contribution is -2.35. The van der Waals surface area contributed by atoms with Crippen LogP contribution >= 0.6 is 0 Å². The number of rotatable bonds is 7. The lowest BCUT2D eigenvalue weighted by molar-refractivity contribution is 0.0907. The third-order valence-corrected chi connectivity index (χ3v) is 7.19. The van der Waals surface area contributed by atoms with Crippen LogP contribution < -0.4 is 10.1 Å². The summed E-state index contributed by atoms with van der Waals surface area (Å²) < 4.78 is 37.3. The summed E-state index contributed by atoms with van der Waals surface area (Å²) in [4.78, 5) is 16.7. The van der Waals surface area contributed by atoms with Gasteiger partial charge in [0.25, 0.3) is 0 Å².